The first-order chi connectivity index (χ1) is 12.1. The van der Waals surface area contributed by atoms with Gasteiger partial charge in [0, 0.05) is 12.2 Å². The number of benzene rings is 1. The average Bonchev–Trinajstić information content (AvgIpc) is 2.59. The molecule has 1 aromatic rings. The molecule has 0 fully saturated rings. The van der Waals surface area contributed by atoms with Crippen molar-refractivity contribution in [3.63, 3.8) is 0 Å². The normalized spacial score (nSPS) is 13.5. The van der Waals surface area contributed by atoms with Gasteiger partial charge in [0.25, 0.3) is 0 Å². The summed E-state index contributed by atoms with van der Waals surface area (Å²) in [5.74, 6) is -4.96. The summed E-state index contributed by atoms with van der Waals surface area (Å²) >= 11 is 0. The predicted octanol–water partition coefficient (Wildman–Crippen LogP) is -1.30. The van der Waals surface area contributed by atoms with Gasteiger partial charge in [-0.2, -0.15) is 0 Å². The Kier molecular flexibility index (Phi) is 7.49. The first kappa shape index (κ1) is 21.3. The zero-order chi connectivity index (χ0) is 19.9. The van der Waals surface area contributed by atoms with Gasteiger partial charge in [0.15, 0.2) is 6.10 Å². The molecule has 5 N–H and O–H groups in total. The Labute approximate surface area is 148 Å². The smallest absolute Gasteiger partial charge is 0.348 e. The molecule has 0 aliphatic carbocycles. The number of aliphatic carboxylic acids is 2. The summed E-state index contributed by atoms with van der Waals surface area (Å²) < 4.78 is 29.2. The molecule has 0 bridgehead atoms. The van der Waals surface area contributed by atoms with Crippen LogP contribution in [0.1, 0.15) is 10.4 Å². The molecule has 0 radical (unpaired) electrons. The van der Waals surface area contributed by atoms with Gasteiger partial charge in [0.2, 0.25) is 16.1 Å². The predicted molar refractivity (Wildman–Crippen MR) is 88.3 cm³/mol. The van der Waals surface area contributed by atoms with Crippen molar-refractivity contribution in [3.05, 3.63) is 29.8 Å². The Hall–Kier alpha value is -2.70. The number of aliphatic hydroxyl groups is 1. The third kappa shape index (κ3) is 6.31. The number of hydrogen-bond donors (Lipinski definition) is 5. The molecule has 1 rings (SSSR count). The van der Waals surface area contributed by atoms with Gasteiger partial charge in [-0.1, -0.05) is 0 Å². The van der Waals surface area contributed by atoms with Gasteiger partial charge in [-0.05, 0) is 31.3 Å². The molecule has 0 saturated heterocycles. The molecular formula is C14H18N2O9S. The zero-order valence-corrected chi connectivity index (χ0v) is 14.4. The summed E-state index contributed by atoms with van der Waals surface area (Å²) in [5.41, 5.74) is 0.412. The van der Waals surface area contributed by atoms with Gasteiger partial charge in [-0.3, -0.25) is 0 Å². The summed E-state index contributed by atoms with van der Waals surface area (Å²) in [6, 6.07) is 5.38. The van der Waals surface area contributed by atoms with Crippen molar-refractivity contribution in [2.24, 2.45) is 0 Å². The van der Waals surface area contributed by atoms with Crippen molar-refractivity contribution in [1.82, 2.24) is 4.72 Å². The Bertz CT molecular complexity index is 761. The van der Waals surface area contributed by atoms with Gasteiger partial charge in [0.1, 0.15) is 0 Å². The van der Waals surface area contributed by atoms with E-state index in [1.807, 2.05) is 0 Å². The van der Waals surface area contributed by atoms with E-state index in [-0.39, 0.29) is 17.9 Å². The number of anilines is 1. The van der Waals surface area contributed by atoms with Crippen LogP contribution in [0.2, 0.25) is 0 Å². The molecule has 12 heteroatoms. The number of carboxylic acids is 2. The van der Waals surface area contributed by atoms with Crippen LogP contribution in [0.15, 0.2) is 24.3 Å². The number of carboxylic acid groups (broad SMARTS) is 2. The molecule has 0 aromatic heterocycles. The molecule has 0 aliphatic heterocycles. The monoisotopic (exact) mass is 390 g/mol. The van der Waals surface area contributed by atoms with Crippen LogP contribution in [0.5, 0.6) is 0 Å². The number of carbonyl (C=O) groups is 3. The fraction of sp³-hybridized carbons (Fsp3) is 0.357. The zero-order valence-electron chi connectivity index (χ0n) is 13.6. The Morgan fingerprint density at radius 3 is 2.15 bits per heavy atom. The summed E-state index contributed by atoms with van der Waals surface area (Å²) in [6.07, 6.45) is -4.67. The first-order valence-electron chi connectivity index (χ1n) is 7.17. The highest BCUT2D eigenvalue weighted by Gasteiger charge is 2.35. The van der Waals surface area contributed by atoms with Gasteiger partial charge < -0.3 is 25.4 Å². The fourth-order valence-electron chi connectivity index (χ4n) is 1.72. The second-order valence-corrected chi connectivity index (χ2v) is 7.02. The van der Waals surface area contributed by atoms with E-state index in [4.69, 9.17) is 10.2 Å². The molecule has 0 heterocycles. The number of sulfonamides is 1. The topological polar surface area (TPSA) is 179 Å². The quantitative estimate of drug-likeness (QED) is 0.301. The van der Waals surface area contributed by atoms with Crippen molar-refractivity contribution in [1.29, 1.82) is 0 Å². The second kappa shape index (κ2) is 9.12. The molecule has 0 saturated carbocycles. The number of carbonyl (C=O) groups excluding carboxylic acids is 1. The molecule has 0 spiro atoms. The molecule has 11 nitrogen and oxygen atoms in total. The maximum atomic E-state index is 11.9. The second-order valence-electron chi connectivity index (χ2n) is 4.97. The highest BCUT2D eigenvalue weighted by molar-refractivity contribution is 7.89. The molecule has 0 aliphatic rings. The maximum absolute atomic E-state index is 11.9. The Morgan fingerprint density at radius 1 is 1.12 bits per heavy atom. The molecule has 2 unspecified atom stereocenters. The largest absolute Gasteiger partial charge is 0.479 e. The van der Waals surface area contributed by atoms with E-state index in [2.05, 4.69) is 14.8 Å². The number of rotatable bonds is 10. The highest BCUT2D eigenvalue weighted by atomic mass is 32.2. The lowest BCUT2D eigenvalue weighted by molar-refractivity contribution is -0.166. The first-order valence-corrected chi connectivity index (χ1v) is 8.82. The molecule has 1 aromatic carbocycles. The highest BCUT2D eigenvalue weighted by Crippen LogP contribution is 2.12. The maximum Gasteiger partial charge on any atom is 0.348 e. The summed E-state index contributed by atoms with van der Waals surface area (Å²) in [4.78, 5) is 33.5. The van der Waals surface area contributed by atoms with Crippen molar-refractivity contribution in [2.75, 3.05) is 24.7 Å². The van der Waals surface area contributed by atoms with Crippen LogP contribution >= 0.6 is 0 Å². The van der Waals surface area contributed by atoms with E-state index in [1.165, 1.54) is 31.3 Å². The average molecular weight is 390 g/mol. The number of hydrogen-bond acceptors (Lipinski definition) is 8. The number of aliphatic hydroxyl groups excluding tert-OH is 1. The minimum absolute atomic E-state index is 0.0813. The molecular weight excluding hydrogens is 372 g/mol. The lowest BCUT2D eigenvalue weighted by atomic mass is 10.2. The minimum atomic E-state index is -3.36. The minimum Gasteiger partial charge on any atom is -0.479 e. The third-order valence-electron chi connectivity index (χ3n) is 3.15. The van der Waals surface area contributed by atoms with E-state index in [0.717, 1.165) is 0 Å². The van der Waals surface area contributed by atoms with Crippen molar-refractivity contribution in [3.8, 4) is 0 Å². The van der Waals surface area contributed by atoms with E-state index in [1.54, 1.807) is 0 Å². The standard InChI is InChI=1S/C14H18N2O9S/c1-15-26(23,24)7-6-16-9-4-2-8(3-5-9)14(22)25-11(13(20)21)10(17)12(18)19/h2-5,10-11,15-17H,6-7H2,1H3,(H,18,19)(H,20,21). The van der Waals surface area contributed by atoms with Crippen LogP contribution in [0, 0.1) is 0 Å². The molecule has 0 amide bonds. The van der Waals surface area contributed by atoms with Gasteiger partial charge in [-0.25, -0.2) is 27.5 Å². The summed E-state index contributed by atoms with van der Waals surface area (Å²) in [6.45, 7) is 0.110. The van der Waals surface area contributed by atoms with Gasteiger partial charge in [-0.15, -0.1) is 0 Å². The summed E-state index contributed by atoms with van der Waals surface area (Å²) in [7, 11) is -2.07. The van der Waals surface area contributed by atoms with Crippen LogP contribution in [-0.4, -0.2) is 73.2 Å². The van der Waals surface area contributed by atoms with Gasteiger partial charge >= 0.3 is 17.9 Å². The molecule has 144 valence electrons. The number of ether oxygens (including phenoxy) is 1. The SMILES string of the molecule is CNS(=O)(=O)CCNc1ccc(C(=O)OC(C(=O)O)C(O)C(=O)O)cc1. The van der Waals surface area contributed by atoms with Crippen LogP contribution in [0.25, 0.3) is 0 Å². The van der Waals surface area contributed by atoms with Crippen LogP contribution in [0.3, 0.4) is 0 Å². The van der Waals surface area contributed by atoms with E-state index in [0.29, 0.717) is 5.69 Å². The van der Waals surface area contributed by atoms with E-state index in [9.17, 15) is 27.9 Å². The fourth-order valence-corrected chi connectivity index (χ4v) is 2.29. The number of nitrogens with one attached hydrogen (secondary N) is 2. The van der Waals surface area contributed by atoms with E-state index < -0.39 is 40.1 Å². The van der Waals surface area contributed by atoms with Crippen molar-refractivity contribution >= 4 is 33.6 Å². The van der Waals surface area contributed by atoms with Gasteiger partial charge in [0.05, 0.1) is 11.3 Å². The third-order valence-corrected chi connectivity index (χ3v) is 4.51. The number of esters is 1. The van der Waals surface area contributed by atoms with Crippen LogP contribution in [0.4, 0.5) is 5.69 Å². The summed E-state index contributed by atoms with van der Waals surface area (Å²) in [5, 5.41) is 29.5. The van der Waals surface area contributed by atoms with Crippen molar-refractivity contribution in [2.45, 2.75) is 12.2 Å². The Morgan fingerprint density at radius 2 is 1.69 bits per heavy atom. The molecule has 26 heavy (non-hydrogen) atoms. The lowest BCUT2D eigenvalue weighted by Crippen LogP contribution is -2.43. The Balaban J connectivity index is 2.71. The van der Waals surface area contributed by atoms with Crippen molar-refractivity contribution < 1.29 is 42.9 Å². The van der Waals surface area contributed by atoms with Crippen LogP contribution in [-0.2, 0) is 24.3 Å². The molecule has 2 atom stereocenters. The van der Waals surface area contributed by atoms with Crippen LogP contribution < -0.4 is 10.0 Å². The lowest BCUT2D eigenvalue weighted by Gasteiger charge is -2.16. The van der Waals surface area contributed by atoms with E-state index >= 15 is 0 Å².